The number of ether oxygens (including phenoxy) is 2. The largest absolute Gasteiger partial charge is 0.586 e. The lowest BCUT2D eigenvalue weighted by atomic mass is 9.99. The summed E-state index contributed by atoms with van der Waals surface area (Å²) in [7, 11) is 0. The van der Waals surface area contributed by atoms with E-state index in [4.69, 9.17) is 0 Å². The van der Waals surface area contributed by atoms with Crippen LogP contribution in [0.25, 0.3) is 11.1 Å². The Balaban J connectivity index is 1.59. The molecule has 0 fully saturated rings. The van der Waals surface area contributed by atoms with Crippen molar-refractivity contribution in [2.45, 2.75) is 19.8 Å². The van der Waals surface area contributed by atoms with E-state index in [-0.39, 0.29) is 34.9 Å². The molecule has 0 bridgehead atoms. The summed E-state index contributed by atoms with van der Waals surface area (Å²) in [5.41, 5.74) is 1.06. The maximum atomic E-state index is 14.7. The number of anilines is 1. The average Bonchev–Trinajstić information content (AvgIpc) is 2.94. The molecule has 1 aromatic heterocycles. The average molecular weight is 408 g/mol. The molecule has 0 aliphatic carbocycles. The highest BCUT2D eigenvalue weighted by molar-refractivity contribution is 5.73. The number of alkyl halides is 2. The van der Waals surface area contributed by atoms with Crippen LogP contribution in [0.4, 0.5) is 27.6 Å². The van der Waals surface area contributed by atoms with Gasteiger partial charge in [-0.05, 0) is 48.4 Å². The van der Waals surface area contributed by atoms with Crippen LogP contribution in [0.5, 0.6) is 11.5 Å². The van der Waals surface area contributed by atoms with Crippen molar-refractivity contribution in [3.63, 3.8) is 0 Å². The van der Waals surface area contributed by atoms with E-state index in [1.807, 2.05) is 0 Å². The second kappa shape index (κ2) is 6.91. The highest BCUT2D eigenvalue weighted by Gasteiger charge is 2.43. The highest BCUT2D eigenvalue weighted by Crippen LogP contribution is 2.44. The Hall–Kier alpha value is -3.36. The zero-order valence-corrected chi connectivity index (χ0v) is 14.9. The Morgan fingerprint density at radius 2 is 1.55 bits per heavy atom. The van der Waals surface area contributed by atoms with Crippen LogP contribution in [0.1, 0.15) is 11.1 Å². The van der Waals surface area contributed by atoms with E-state index in [0.29, 0.717) is 11.1 Å². The molecule has 1 aliphatic heterocycles. The number of hydrogen-bond donors (Lipinski definition) is 1. The summed E-state index contributed by atoms with van der Waals surface area (Å²) in [6.45, 7) is 1.41. The van der Waals surface area contributed by atoms with Gasteiger partial charge in [-0.15, -0.1) is 8.78 Å². The minimum absolute atomic E-state index is 0.128. The number of nitrogens with zero attached hydrogens (tertiary/aromatic N) is 1. The minimum Gasteiger partial charge on any atom is -0.395 e. The van der Waals surface area contributed by atoms with Crippen molar-refractivity contribution in [3.8, 4) is 22.6 Å². The summed E-state index contributed by atoms with van der Waals surface area (Å²) in [6, 6.07) is 6.70. The molecule has 3 aromatic rings. The smallest absolute Gasteiger partial charge is 0.395 e. The lowest BCUT2D eigenvalue weighted by Crippen LogP contribution is -2.25. The third-order valence-electron chi connectivity index (χ3n) is 4.43. The highest BCUT2D eigenvalue weighted by atomic mass is 19.3. The first kappa shape index (κ1) is 19.0. The number of aryl methyl sites for hydroxylation is 1. The predicted octanol–water partition coefficient (Wildman–Crippen LogP) is 5.41. The van der Waals surface area contributed by atoms with Crippen molar-refractivity contribution in [1.29, 1.82) is 0 Å². The molecule has 0 amide bonds. The number of fused-ring (bicyclic) bond motifs is 1. The molecule has 0 saturated carbocycles. The summed E-state index contributed by atoms with van der Waals surface area (Å²) in [5.74, 6) is -2.61. The standard InChI is InChI=1S/C20H13F5N2O2/c1-10-4-18-19(29-20(24,25)28-18)6-13(10)12-3-2-11(5-15(12)21)27-7-14-16(22)8-26-9-17(14)23/h2-6,8-9,27H,7H2,1H3. The van der Waals surface area contributed by atoms with Gasteiger partial charge in [-0.1, -0.05) is 0 Å². The third-order valence-corrected chi connectivity index (χ3v) is 4.43. The maximum Gasteiger partial charge on any atom is 0.586 e. The quantitative estimate of drug-likeness (QED) is 0.587. The Morgan fingerprint density at radius 1 is 0.897 bits per heavy atom. The van der Waals surface area contributed by atoms with Crippen LogP contribution in [0.15, 0.2) is 42.7 Å². The molecule has 4 nitrogen and oxygen atoms in total. The van der Waals surface area contributed by atoms with E-state index in [2.05, 4.69) is 19.8 Å². The Bertz CT molecular complexity index is 1080. The molecule has 0 saturated heterocycles. The Labute approximate surface area is 161 Å². The number of halogens is 5. The second-order valence-electron chi connectivity index (χ2n) is 6.41. The van der Waals surface area contributed by atoms with Crippen molar-refractivity contribution in [2.24, 2.45) is 0 Å². The first-order valence-corrected chi connectivity index (χ1v) is 8.45. The first-order chi connectivity index (χ1) is 13.7. The molecule has 0 unspecified atom stereocenters. The van der Waals surface area contributed by atoms with Gasteiger partial charge in [-0.2, -0.15) is 0 Å². The molecular formula is C20H13F5N2O2. The fourth-order valence-corrected chi connectivity index (χ4v) is 3.03. The van der Waals surface area contributed by atoms with E-state index in [0.717, 1.165) is 18.5 Å². The topological polar surface area (TPSA) is 43.4 Å². The molecule has 2 aromatic carbocycles. The van der Waals surface area contributed by atoms with Gasteiger partial charge in [-0.3, -0.25) is 4.98 Å². The van der Waals surface area contributed by atoms with Gasteiger partial charge in [0.05, 0.1) is 12.4 Å². The second-order valence-corrected chi connectivity index (χ2v) is 6.41. The van der Waals surface area contributed by atoms with Gasteiger partial charge < -0.3 is 14.8 Å². The van der Waals surface area contributed by atoms with Crippen LogP contribution in [0.2, 0.25) is 0 Å². The van der Waals surface area contributed by atoms with Crippen LogP contribution < -0.4 is 14.8 Å². The van der Waals surface area contributed by atoms with Crippen LogP contribution in [0.3, 0.4) is 0 Å². The first-order valence-electron chi connectivity index (χ1n) is 8.45. The van der Waals surface area contributed by atoms with Crippen molar-refractivity contribution in [2.75, 3.05) is 5.32 Å². The molecule has 2 heterocycles. The fraction of sp³-hybridized carbons (Fsp3) is 0.150. The normalized spacial score (nSPS) is 14.1. The number of hydrogen-bond acceptors (Lipinski definition) is 4. The lowest BCUT2D eigenvalue weighted by Gasteiger charge is -2.12. The van der Waals surface area contributed by atoms with Crippen LogP contribution in [-0.2, 0) is 6.54 Å². The molecule has 1 aliphatic rings. The molecule has 1 N–H and O–H groups in total. The van der Waals surface area contributed by atoms with Crippen molar-refractivity contribution >= 4 is 5.69 Å². The molecule has 29 heavy (non-hydrogen) atoms. The van der Waals surface area contributed by atoms with Crippen LogP contribution in [-0.4, -0.2) is 11.3 Å². The van der Waals surface area contributed by atoms with E-state index < -0.39 is 23.7 Å². The number of benzene rings is 2. The minimum atomic E-state index is -3.77. The molecular weight excluding hydrogens is 395 g/mol. The van der Waals surface area contributed by atoms with Crippen LogP contribution >= 0.6 is 0 Å². The predicted molar refractivity (Wildman–Crippen MR) is 94.3 cm³/mol. The maximum absolute atomic E-state index is 14.7. The summed E-state index contributed by atoms with van der Waals surface area (Å²) in [4.78, 5) is 3.40. The molecule has 9 heteroatoms. The molecule has 0 radical (unpaired) electrons. The number of pyridine rings is 1. The molecule has 0 spiro atoms. The Morgan fingerprint density at radius 3 is 2.21 bits per heavy atom. The van der Waals surface area contributed by atoms with Crippen molar-refractivity contribution in [1.82, 2.24) is 4.98 Å². The molecule has 0 atom stereocenters. The van der Waals surface area contributed by atoms with Gasteiger partial charge >= 0.3 is 6.29 Å². The summed E-state index contributed by atoms with van der Waals surface area (Å²) >= 11 is 0. The zero-order valence-electron chi connectivity index (χ0n) is 14.9. The van der Waals surface area contributed by atoms with Gasteiger partial charge in [0.15, 0.2) is 11.5 Å². The fourth-order valence-electron chi connectivity index (χ4n) is 3.03. The zero-order chi connectivity index (χ0) is 20.8. The summed E-state index contributed by atoms with van der Waals surface area (Å²) < 4.78 is 77.2. The SMILES string of the molecule is Cc1cc2c(cc1-c1ccc(NCc3c(F)cncc3F)cc1F)OC(F)(F)O2. The van der Waals surface area contributed by atoms with Crippen LogP contribution in [0, 0.1) is 24.4 Å². The van der Waals surface area contributed by atoms with Crippen molar-refractivity contribution < 1.29 is 31.4 Å². The van der Waals surface area contributed by atoms with Gasteiger partial charge in [0, 0.05) is 23.4 Å². The van der Waals surface area contributed by atoms with Gasteiger partial charge in [0.1, 0.15) is 17.5 Å². The lowest BCUT2D eigenvalue weighted by molar-refractivity contribution is -0.286. The summed E-state index contributed by atoms with van der Waals surface area (Å²) in [6.07, 6.45) is -2.00. The van der Waals surface area contributed by atoms with E-state index >= 15 is 0 Å². The monoisotopic (exact) mass is 408 g/mol. The third kappa shape index (κ3) is 3.67. The van der Waals surface area contributed by atoms with E-state index in [9.17, 15) is 22.0 Å². The van der Waals surface area contributed by atoms with E-state index in [1.165, 1.54) is 24.3 Å². The number of rotatable bonds is 4. The van der Waals surface area contributed by atoms with Gasteiger partial charge in [-0.25, -0.2) is 13.2 Å². The Kier molecular flexibility index (Phi) is 4.52. The van der Waals surface area contributed by atoms with Crippen molar-refractivity contribution in [3.05, 3.63) is 71.3 Å². The molecule has 4 rings (SSSR count). The van der Waals surface area contributed by atoms with Gasteiger partial charge in [0.25, 0.3) is 0 Å². The molecule has 150 valence electrons. The van der Waals surface area contributed by atoms with Gasteiger partial charge in [0.2, 0.25) is 0 Å². The number of aromatic nitrogens is 1. The summed E-state index contributed by atoms with van der Waals surface area (Å²) in [5, 5.41) is 2.74. The number of nitrogens with one attached hydrogen (secondary N) is 1. The van der Waals surface area contributed by atoms with E-state index in [1.54, 1.807) is 6.92 Å².